The molecule has 0 radical (unpaired) electrons. The van der Waals surface area contributed by atoms with Crippen LogP contribution in [0.2, 0.25) is 0 Å². The highest BCUT2D eigenvalue weighted by Gasteiger charge is 2.31. The van der Waals surface area contributed by atoms with Gasteiger partial charge in [-0.2, -0.15) is 0 Å². The van der Waals surface area contributed by atoms with Gasteiger partial charge in [0.05, 0.1) is 12.3 Å². The van der Waals surface area contributed by atoms with E-state index in [1.54, 1.807) is 13.1 Å². The van der Waals surface area contributed by atoms with E-state index >= 15 is 0 Å². The van der Waals surface area contributed by atoms with Crippen LogP contribution in [-0.2, 0) is 13.2 Å². The average Bonchev–Trinajstić information content (AvgIpc) is 2.81. The summed E-state index contributed by atoms with van der Waals surface area (Å²) < 4.78 is 0. The van der Waals surface area contributed by atoms with Crippen molar-refractivity contribution in [1.29, 1.82) is 0 Å². The summed E-state index contributed by atoms with van der Waals surface area (Å²) in [7, 11) is 0. The van der Waals surface area contributed by atoms with E-state index in [1.807, 2.05) is 0 Å². The molecule has 20 heavy (non-hydrogen) atoms. The normalized spacial score (nSPS) is 26.1. The van der Waals surface area contributed by atoms with E-state index in [0.717, 1.165) is 11.5 Å². The van der Waals surface area contributed by atoms with Gasteiger partial charge in [0.1, 0.15) is 5.75 Å². The topological polar surface area (TPSA) is 65.4 Å². The van der Waals surface area contributed by atoms with Crippen molar-refractivity contribution in [3.8, 4) is 5.75 Å². The van der Waals surface area contributed by atoms with E-state index in [2.05, 4.69) is 24.1 Å². The Morgan fingerprint density at radius 1 is 1.40 bits per heavy atom. The van der Waals surface area contributed by atoms with Crippen LogP contribution in [0.1, 0.15) is 49.9 Å². The Hall–Kier alpha value is -1.13. The fraction of sp³-hybridized carbons (Fsp3) is 0.688. The van der Waals surface area contributed by atoms with Crippen molar-refractivity contribution in [2.75, 3.05) is 0 Å². The van der Waals surface area contributed by atoms with Crippen molar-refractivity contribution in [2.45, 2.75) is 59.2 Å². The lowest BCUT2D eigenvalue weighted by Gasteiger charge is -2.22. The summed E-state index contributed by atoms with van der Waals surface area (Å²) in [6, 6.07) is 0.499. The second-order valence-corrected chi connectivity index (χ2v) is 5.95. The highest BCUT2D eigenvalue weighted by atomic mass is 16.3. The Bertz CT molecular complexity index is 462. The Morgan fingerprint density at radius 3 is 2.75 bits per heavy atom. The summed E-state index contributed by atoms with van der Waals surface area (Å²) in [5, 5.41) is 23.1. The van der Waals surface area contributed by atoms with Crippen LogP contribution in [-0.4, -0.2) is 21.2 Å². The highest BCUT2D eigenvalue weighted by Crippen LogP contribution is 2.34. The fourth-order valence-electron chi connectivity index (χ4n) is 3.36. The molecule has 3 atom stereocenters. The number of aromatic hydroxyl groups is 1. The van der Waals surface area contributed by atoms with Crippen molar-refractivity contribution >= 4 is 0 Å². The van der Waals surface area contributed by atoms with Gasteiger partial charge >= 0.3 is 0 Å². The molecule has 3 unspecified atom stereocenters. The summed E-state index contributed by atoms with van der Waals surface area (Å²) in [6.45, 7) is 6.85. The van der Waals surface area contributed by atoms with Crippen molar-refractivity contribution in [3.63, 3.8) is 0 Å². The van der Waals surface area contributed by atoms with Crippen LogP contribution >= 0.6 is 0 Å². The van der Waals surface area contributed by atoms with E-state index in [1.165, 1.54) is 19.3 Å². The number of hydrogen-bond acceptors (Lipinski definition) is 4. The number of aliphatic hydroxyl groups is 1. The van der Waals surface area contributed by atoms with E-state index in [4.69, 9.17) is 0 Å². The molecule has 1 aliphatic rings. The molecule has 0 saturated heterocycles. The van der Waals surface area contributed by atoms with Crippen LogP contribution < -0.4 is 5.32 Å². The van der Waals surface area contributed by atoms with Crippen molar-refractivity contribution in [1.82, 2.24) is 10.3 Å². The smallest absolute Gasteiger partial charge is 0.141 e. The number of nitrogens with zero attached hydrogens (tertiary/aromatic N) is 1. The zero-order chi connectivity index (χ0) is 14.7. The third kappa shape index (κ3) is 2.96. The molecule has 1 aromatic heterocycles. The molecule has 1 aliphatic carbocycles. The van der Waals surface area contributed by atoms with Gasteiger partial charge in [-0.1, -0.05) is 20.3 Å². The Kier molecular flexibility index (Phi) is 5.00. The number of aliphatic hydroxyl groups excluding tert-OH is 1. The molecule has 1 fully saturated rings. The quantitative estimate of drug-likeness (QED) is 0.774. The van der Waals surface area contributed by atoms with Crippen molar-refractivity contribution < 1.29 is 10.2 Å². The zero-order valence-electron chi connectivity index (χ0n) is 12.7. The van der Waals surface area contributed by atoms with Crippen LogP contribution in [0.25, 0.3) is 0 Å². The van der Waals surface area contributed by atoms with Crippen LogP contribution in [0.15, 0.2) is 6.20 Å². The van der Waals surface area contributed by atoms with Gasteiger partial charge in [0.25, 0.3) is 0 Å². The fourth-order valence-corrected chi connectivity index (χ4v) is 3.36. The first-order chi connectivity index (χ1) is 9.58. The maximum Gasteiger partial charge on any atom is 0.141 e. The monoisotopic (exact) mass is 278 g/mol. The SMILES string of the molecule is CCC1CCC(NCc2c(CO)cnc(C)c2O)C1C. The van der Waals surface area contributed by atoms with Crippen LogP contribution in [0.5, 0.6) is 5.75 Å². The third-order valence-corrected chi connectivity index (χ3v) is 4.89. The van der Waals surface area contributed by atoms with Gasteiger partial charge in [-0.05, 0) is 31.6 Å². The largest absolute Gasteiger partial charge is 0.506 e. The molecule has 1 saturated carbocycles. The molecule has 0 aromatic carbocycles. The van der Waals surface area contributed by atoms with E-state index in [0.29, 0.717) is 29.8 Å². The molecule has 4 nitrogen and oxygen atoms in total. The minimum atomic E-state index is -0.0876. The second-order valence-electron chi connectivity index (χ2n) is 5.95. The summed E-state index contributed by atoms with van der Waals surface area (Å²) >= 11 is 0. The molecular weight excluding hydrogens is 252 g/mol. The third-order valence-electron chi connectivity index (χ3n) is 4.89. The number of aryl methyl sites for hydroxylation is 1. The first-order valence-corrected chi connectivity index (χ1v) is 7.59. The minimum absolute atomic E-state index is 0.0876. The van der Waals surface area contributed by atoms with Gasteiger partial charge in [-0.3, -0.25) is 4.98 Å². The molecule has 4 heteroatoms. The number of aromatic nitrogens is 1. The van der Waals surface area contributed by atoms with Gasteiger partial charge in [0.2, 0.25) is 0 Å². The first kappa shape index (κ1) is 15.3. The summed E-state index contributed by atoms with van der Waals surface area (Å²) in [5.41, 5.74) is 2.11. The molecular formula is C16H26N2O2. The molecule has 0 amide bonds. The molecule has 3 N–H and O–H groups in total. The van der Waals surface area contributed by atoms with Crippen molar-refractivity contribution in [3.05, 3.63) is 23.0 Å². The van der Waals surface area contributed by atoms with E-state index in [-0.39, 0.29) is 12.4 Å². The number of pyridine rings is 1. The predicted octanol–water partition coefficient (Wildman–Crippen LogP) is 2.50. The van der Waals surface area contributed by atoms with Gasteiger partial charge in [0, 0.05) is 29.9 Å². The number of rotatable bonds is 5. The second kappa shape index (κ2) is 6.55. The molecule has 0 spiro atoms. The lowest BCUT2D eigenvalue weighted by Crippen LogP contribution is -2.32. The van der Waals surface area contributed by atoms with Gasteiger partial charge in [0.15, 0.2) is 0 Å². The Morgan fingerprint density at radius 2 is 2.15 bits per heavy atom. The maximum atomic E-state index is 10.1. The van der Waals surface area contributed by atoms with Crippen LogP contribution in [0, 0.1) is 18.8 Å². The maximum absolute atomic E-state index is 10.1. The molecule has 2 rings (SSSR count). The van der Waals surface area contributed by atoms with E-state index < -0.39 is 0 Å². The summed E-state index contributed by atoms with van der Waals surface area (Å²) in [6.07, 6.45) is 5.36. The van der Waals surface area contributed by atoms with Gasteiger partial charge in [-0.25, -0.2) is 0 Å². The number of hydrogen-bond donors (Lipinski definition) is 3. The molecule has 1 heterocycles. The Balaban J connectivity index is 2.06. The highest BCUT2D eigenvalue weighted by molar-refractivity contribution is 5.40. The summed E-state index contributed by atoms with van der Waals surface area (Å²) in [5.74, 6) is 1.68. The zero-order valence-corrected chi connectivity index (χ0v) is 12.7. The standard InChI is InChI=1S/C16H26N2O2/c1-4-12-5-6-15(10(12)2)18-8-14-13(9-19)7-17-11(3)16(14)20/h7,10,12,15,18-20H,4-6,8-9H2,1-3H3. The first-order valence-electron chi connectivity index (χ1n) is 7.59. The molecule has 112 valence electrons. The average molecular weight is 278 g/mol. The summed E-state index contributed by atoms with van der Waals surface area (Å²) in [4.78, 5) is 4.09. The predicted molar refractivity (Wildman–Crippen MR) is 79.4 cm³/mol. The lowest BCUT2D eigenvalue weighted by atomic mass is 9.93. The molecule has 1 aromatic rings. The van der Waals surface area contributed by atoms with Crippen LogP contribution in [0.3, 0.4) is 0 Å². The van der Waals surface area contributed by atoms with Gasteiger partial charge < -0.3 is 15.5 Å². The number of nitrogens with one attached hydrogen (secondary N) is 1. The molecule has 0 aliphatic heterocycles. The van der Waals surface area contributed by atoms with E-state index in [9.17, 15) is 10.2 Å². The minimum Gasteiger partial charge on any atom is -0.506 e. The Labute approximate surface area is 121 Å². The lowest BCUT2D eigenvalue weighted by molar-refractivity contribution is 0.277. The van der Waals surface area contributed by atoms with Gasteiger partial charge in [-0.15, -0.1) is 0 Å². The van der Waals surface area contributed by atoms with Crippen LogP contribution in [0.4, 0.5) is 0 Å². The van der Waals surface area contributed by atoms with Crippen molar-refractivity contribution in [2.24, 2.45) is 11.8 Å². The molecule has 0 bridgehead atoms.